The SMILES string of the molecule is CCCOCN1C(=O)N(COCCC)C(C)(C)C1=O. The number of imide groups is 1. The molecular weight excluding hydrogens is 248 g/mol. The highest BCUT2D eigenvalue weighted by Gasteiger charge is 2.51. The fourth-order valence-corrected chi connectivity index (χ4v) is 1.85. The van der Waals surface area contributed by atoms with Crippen LogP contribution in [0.15, 0.2) is 0 Å². The normalized spacial score (nSPS) is 18.5. The first-order valence-electron chi connectivity index (χ1n) is 6.75. The van der Waals surface area contributed by atoms with E-state index < -0.39 is 5.54 Å². The minimum absolute atomic E-state index is 0.0131. The van der Waals surface area contributed by atoms with E-state index in [1.54, 1.807) is 13.8 Å². The van der Waals surface area contributed by atoms with E-state index in [2.05, 4.69) is 0 Å². The second-order valence-corrected chi connectivity index (χ2v) is 5.08. The maximum absolute atomic E-state index is 12.2. The number of amides is 3. The number of rotatable bonds is 8. The molecular formula is C13H24N2O4. The maximum atomic E-state index is 12.2. The van der Waals surface area contributed by atoms with Gasteiger partial charge in [0.05, 0.1) is 0 Å². The number of nitrogens with zero attached hydrogens (tertiary/aromatic N) is 2. The Balaban J connectivity index is 2.66. The largest absolute Gasteiger partial charge is 0.361 e. The highest BCUT2D eigenvalue weighted by Crippen LogP contribution is 2.27. The van der Waals surface area contributed by atoms with E-state index in [1.165, 1.54) is 4.90 Å². The van der Waals surface area contributed by atoms with Gasteiger partial charge in [-0.15, -0.1) is 0 Å². The first-order valence-corrected chi connectivity index (χ1v) is 6.75. The summed E-state index contributed by atoms with van der Waals surface area (Å²) in [6.07, 6.45) is 1.72. The third kappa shape index (κ3) is 3.45. The van der Waals surface area contributed by atoms with Crippen LogP contribution in [-0.2, 0) is 14.3 Å². The fraction of sp³-hybridized carbons (Fsp3) is 0.846. The molecule has 6 nitrogen and oxygen atoms in total. The zero-order valence-electron chi connectivity index (χ0n) is 12.3. The van der Waals surface area contributed by atoms with Crippen molar-refractivity contribution in [2.75, 3.05) is 26.7 Å². The lowest BCUT2D eigenvalue weighted by Crippen LogP contribution is -2.45. The molecule has 3 amide bonds. The third-order valence-electron chi connectivity index (χ3n) is 3.04. The summed E-state index contributed by atoms with van der Waals surface area (Å²) in [7, 11) is 0. The smallest absolute Gasteiger partial charge is 0.331 e. The van der Waals surface area contributed by atoms with Gasteiger partial charge in [-0.1, -0.05) is 13.8 Å². The molecule has 1 heterocycles. The first kappa shape index (κ1) is 15.9. The minimum atomic E-state index is -0.875. The van der Waals surface area contributed by atoms with Crippen LogP contribution in [0.5, 0.6) is 0 Å². The number of carbonyl (C=O) groups is 2. The van der Waals surface area contributed by atoms with Gasteiger partial charge < -0.3 is 9.47 Å². The van der Waals surface area contributed by atoms with E-state index in [9.17, 15) is 9.59 Å². The van der Waals surface area contributed by atoms with Crippen LogP contribution in [0, 0.1) is 0 Å². The molecule has 0 spiro atoms. The Hall–Kier alpha value is -1.14. The molecule has 0 atom stereocenters. The lowest BCUT2D eigenvalue weighted by Gasteiger charge is -2.27. The van der Waals surface area contributed by atoms with Gasteiger partial charge in [0.15, 0.2) is 0 Å². The van der Waals surface area contributed by atoms with Crippen molar-refractivity contribution in [2.24, 2.45) is 0 Å². The fourth-order valence-electron chi connectivity index (χ4n) is 1.85. The molecule has 19 heavy (non-hydrogen) atoms. The number of hydrogen-bond donors (Lipinski definition) is 0. The molecule has 0 aliphatic carbocycles. The second-order valence-electron chi connectivity index (χ2n) is 5.08. The van der Waals surface area contributed by atoms with E-state index in [4.69, 9.17) is 9.47 Å². The van der Waals surface area contributed by atoms with E-state index >= 15 is 0 Å². The average Bonchev–Trinajstić information content (AvgIpc) is 2.52. The Bertz CT molecular complexity index is 331. The van der Waals surface area contributed by atoms with Crippen molar-refractivity contribution in [3.8, 4) is 0 Å². The Kier molecular flexibility index (Phi) is 5.75. The monoisotopic (exact) mass is 272 g/mol. The quantitative estimate of drug-likeness (QED) is 0.499. The topological polar surface area (TPSA) is 59.1 Å². The molecule has 0 bridgehead atoms. The number of carbonyl (C=O) groups excluding carboxylic acids is 2. The van der Waals surface area contributed by atoms with Crippen molar-refractivity contribution in [1.29, 1.82) is 0 Å². The number of ether oxygens (including phenoxy) is 2. The van der Waals surface area contributed by atoms with Crippen LogP contribution >= 0.6 is 0 Å². The molecule has 0 unspecified atom stereocenters. The molecule has 1 aliphatic rings. The summed E-state index contributed by atoms with van der Waals surface area (Å²) in [5.74, 6) is -0.242. The van der Waals surface area contributed by atoms with Crippen molar-refractivity contribution < 1.29 is 19.1 Å². The van der Waals surface area contributed by atoms with Gasteiger partial charge in [0.25, 0.3) is 5.91 Å². The first-order chi connectivity index (χ1) is 8.96. The van der Waals surface area contributed by atoms with Crippen LogP contribution < -0.4 is 0 Å². The zero-order valence-corrected chi connectivity index (χ0v) is 12.3. The van der Waals surface area contributed by atoms with Crippen molar-refractivity contribution in [3.05, 3.63) is 0 Å². The van der Waals surface area contributed by atoms with Crippen LogP contribution in [-0.4, -0.2) is 54.0 Å². The van der Waals surface area contributed by atoms with E-state index in [0.717, 1.165) is 17.7 Å². The van der Waals surface area contributed by atoms with Gasteiger partial charge >= 0.3 is 6.03 Å². The summed E-state index contributed by atoms with van der Waals surface area (Å²) in [6.45, 7) is 8.67. The molecule has 0 radical (unpaired) electrons. The molecule has 0 aromatic rings. The van der Waals surface area contributed by atoms with E-state index in [0.29, 0.717) is 13.2 Å². The van der Waals surface area contributed by atoms with Crippen molar-refractivity contribution in [1.82, 2.24) is 9.80 Å². The van der Waals surface area contributed by atoms with Crippen LogP contribution in [0.1, 0.15) is 40.5 Å². The lowest BCUT2D eigenvalue weighted by molar-refractivity contribution is -0.136. The molecule has 1 aliphatic heterocycles. The predicted molar refractivity (Wildman–Crippen MR) is 70.4 cm³/mol. The molecule has 0 aromatic heterocycles. The molecule has 0 N–H and O–H groups in total. The third-order valence-corrected chi connectivity index (χ3v) is 3.04. The number of urea groups is 1. The predicted octanol–water partition coefficient (Wildman–Crippen LogP) is 1.80. The van der Waals surface area contributed by atoms with Gasteiger partial charge in [-0.2, -0.15) is 0 Å². The highest BCUT2D eigenvalue weighted by molar-refractivity contribution is 6.06. The van der Waals surface area contributed by atoms with E-state index in [1.807, 2.05) is 13.8 Å². The Morgan fingerprint density at radius 1 is 1.00 bits per heavy atom. The van der Waals surface area contributed by atoms with Crippen LogP contribution in [0.4, 0.5) is 4.79 Å². The molecule has 6 heteroatoms. The summed E-state index contributed by atoms with van der Waals surface area (Å²) in [4.78, 5) is 27.0. The van der Waals surface area contributed by atoms with Gasteiger partial charge in [0, 0.05) is 13.2 Å². The summed E-state index contributed by atoms with van der Waals surface area (Å²) in [6, 6.07) is -0.345. The Morgan fingerprint density at radius 3 is 2.05 bits per heavy atom. The Labute approximate surface area is 114 Å². The van der Waals surface area contributed by atoms with E-state index in [-0.39, 0.29) is 25.4 Å². The molecule has 1 saturated heterocycles. The van der Waals surface area contributed by atoms with Gasteiger partial charge in [-0.3, -0.25) is 9.69 Å². The Morgan fingerprint density at radius 2 is 1.53 bits per heavy atom. The summed E-state index contributed by atoms with van der Waals surface area (Å²) >= 11 is 0. The van der Waals surface area contributed by atoms with Crippen molar-refractivity contribution in [3.63, 3.8) is 0 Å². The molecule has 0 saturated carbocycles. The summed E-state index contributed by atoms with van der Waals surface area (Å²) in [5, 5.41) is 0. The molecule has 110 valence electrons. The maximum Gasteiger partial charge on any atom is 0.331 e. The van der Waals surface area contributed by atoms with Gasteiger partial charge in [0.2, 0.25) is 0 Å². The standard InChI is InChI=1S/C13H24N2O4/c1-5-7-18-9-14-11(16)13(3,4)15(12(14)17)10-19-8-6-2/h5-10H2,1-4H3. The van der Waals surface area contributed by atoms with Crippen molar-refractivity contribution >= 4 is 11.9 Å². The number of hydrogen-bond acceptors (Lipinski definition) is 4. The summed E-state index contributed by atoms with van der Waals surface area (Å²) < 4.78 is 10.7. The van der Waals surface area contributed by atoms with Crippen molar-refractivity contribution in [2.45, 2.75) is 46.1 Å². The second kappa shape index (κ2) is 6.86. The minimum Gasteiger partial charge on any atom is -0.361 e. The lowest BCUT2D eigenvalue weighted by atomic mass is 10.1. The molecule has 0 aromatic carbocycles. The van der Waals surface area contributed by atoms with Crippen LogP contribution in [0.25, 0.3) is 0 Å². The molecule has 1 rings (SSSR count). The highest BCUT2D eigenvalue weighted by atomic mass is 16.5. The zero-order chi connectivity index (χ0) is 14.5. The average molecular weight is 272 g/mol. The van der Waals surface area contributed by atoms with Crippen LogP contribution in [0.3, 0.4) is 0 Å². The summed E-state index contributed by atoms with van der Waals surface area (Å²) in [5.41, 5.74) is -0.875. The van der Waals surface area contributed by atoms with Gasteiger partial charge in [0.1, 0.15) is 19.0 Å². The molecule has 1 fully saturated rings. The van der Waals surface area contributed by atoms with Crippen LogP contribution in [0.2, 0.25) is 0 Å². The van der Waals surface area contributed by atoms with Gasteiger partial charge in [-0.25, -0.2) is 9.69 Å². The van der Waals surface area contributed by atoms with Gasteiger partial charge in [-0.05, 0) is 26.7 Å².